The zero-order valence-electron chi connectivity index (χ0n) is 16.4. The summed E-state index contributed by atoms with van der Waals surface area (Å²) < 4.78 is 5.82. The molecule has 1 N–H and O–H groups in total. The third-order valence-electron chi connectivity index (χ3n) is 8.52. The summed E-state index contributed by atoms with van der Waals surface area (Å²) in [6.07, 6.45) is 13.1. The van der Waals surface area contributed by atoms with Gasteiger partial charge < -0.3 is 10.1 Å². The molecular formula is C23H30N2O2. The summed E-state index contributed by atoms with van der Waals surface area (Å²) in [5.74, 6) is 2.09. The average Bonchev–Trinajstić information content (AvgIpc) is 2.93. The monoisotopic (exact) mass is 366 g/mol. The molecule has 1 amide bonds. The van der Waals surface area contributed by atoms with E-state index in [1.807, 2.05) is 12.4 Å². The Bertz CT molecular complexity index is 776. The lowest BCUT2D eigenvalue weighted by Crippen LogP contribution is -2.53. The summed E-state index contributed by atoms with van der Waals surface area (Å²) in [5.41, 5.74) is 3.18. The van der Waals surface area contributed by atoms with E-state index in [9.17, 15) is 4.79 Å². The highest BCUT2D eigenvalue weighted by Gasteiger charge is 2.59. The summed E-state index contributed by atoms with van der Waals surface area (Å²) in [7, 11) is 0. The minimum atomic E-state index is -0.218. The van der Waals surface area contributed by atoms with Crippen LogP contribution in [0, 0.1) is 28.6 Å². The van der Waals surface area contributed by atoms with Crippen molar-refractivity contribution in [2.75, 3.05) is 6.54 Å². The molecule has 1 aromatic heterocycles. The molecule has 27 heavy (non-hydrogen) atoms. The predicted octanol–water partition coefficient (Wildman–Crippen LogP) is 4.82. The van der Waals surface area contributed by atoms with E-state index in [1.54, 1.807) is 0 Å². The number of amides is 1. The summed E-state index contributed by atoms with van der Waals surface area (Å²) in [5, 5.41) is 2.93. The summed E-state index contributed by atoms with van der Waals surface area (Å²) in [6, 6.07) is 4.27. The van der Waals surface area contributed by atoms with Crippen LogP contribution in [0.4, 0.5) is 4.79 Å². The van der Waals surface area contributed by atoms with E-state index in [2.05, 4.69) is 42.4 Å². The molecular weight excluding hydrogens is 336 g/mol. The quantitative estimate of drug-likeness (QED) is 0.775. The van der Waals surface area contributed by atoms with Crippen LogP contribution in [0.25, 0.3) is 5.57 Å². The highest BCUT2D eigenvalue weighted by Crippen LogP contribution is 2.65. The van der Waals surface area contributed by atoms with Crippen LogP contribution in [-0.2, 0) is 4.74 Å². The van der Waals surface area contributed by atoms with E-state index in [4.69, 9.17) is 4.74 Å². The molecule has 0 aromatic carbocycles. The number of ether oxygens (including phenoxy) is 1. The molecule has 2 saturated carbocycles. The lowest BCUT2D eigenvalue weighted by molar-refractivity contribution is -0.113. The van der Waals surface area contributed by atoms with Gasteiger partial charge >= 0.3 is 6.09 Å². The first kappa shape index (κ1) is 17.3. The van der Waals surface area contributed by atoms with Crippen molar-refractivity contribution in [1.82, 2.24) is 10.3 Å². The van der Waals surface area contributed by atoms with Gasteiger partial charge in [0.2, 0.25) is 0 Å². The van der Waals surface area contributed by atoms with E-state index < -0.39 is 0 Å². The minimum absolute atomic E-state index is 0.0813. The van der Waals surface area contributed by atoms with Crippen molar-refractivity contribution in [1.29, 1.82) is 0 Å². The first-order valence-corrected chi connectivity index (χ1v) is 10.6. The van der Waals surface area contributed by atoms with Crippen molar-refractivity contribution in [3.63, 3.8) is 0 Å². The van der Waals surface area contributed by atoms with Gasteiger partial charge in [0.05, 0.1) is 0 Å². The summed E-state index contributed by atoms with van der Waals surface area (Å²) >= 11 is 0. The van der Waals surface area contributed by atoms with E-state index in [-0.39, 0.29) is 23.0 Å². The first-order chi connectivity index (χ1) is 13.0. The van der Waals surface area contributed by atoms with Gasteiger partial charge in [0, 0.05) is 24.4 Å². The van der Waals surface area contributed by atoms with E-state index in [0.717, 1.165) is 25.3 Å². The smallest absolute Gasteiger partial charge is 0.407 e. The van der Waals surface area contributed by atoms with Crippen LogP contribution in [0.1, 0.15) is 57.9 Å². The second-order valence-electron chi connectivity index (χ2n) is 9.58. The fourth-order valence-corrected chi connectivity index (χ4v) is 7.10. The molecule has 3 aliphatic carbocycles. The van der Waals surface area contributed by atoms with Gasteiger partial charge in [-0.25, -0.2) is 4.79 Å². The fourth-order valence-electron chi connectivity index (χ4n) is 7.10. The SMILES string of the molecule is C[C@]12CCNC(=O)OC1CC[C@@H]1C2CC[C@]2(C)C(c3cccnc3)=CCC12. The first-order valence-electron chi connectivity index (χ1n) is 10.6. The Morgan fingerprint density at radius 1 is 1.19 bits per heavy atom. The lowest BCUT2D eigenvalue weighted by atomic mass is 9.48. The number of nitrogens with zero attached hydrogens (tertiary/aromatic N) is 1. The van der Waals surface area contributed by atoms with Gasteiger partial charge in [0.1, 0.15) is 6.10 Å². The molecule has 144 valence electrons. The summed E-state index contributed by atoms with van der Waals surface area (Å²) in [4.78, 5) is 16.3. The summed E-state index contributed by atoms with van der Waals surface area (Å²) in [6.45, 7) is 5.63. The van der Waals surface area contributed by atoms with Crippen LogP contribution in [0.15, 0.2) is 30.6 Å². The number of carbonyl (C=O) groups excluding carboxylic acids is 1. The zero-order chi connectivity index (χ0) is 18.6. The van der Waals surface area contributed by atoms with Gasteiger partial charge in [-0.2, -0.15) is 0 Å². The van der Waals surface area contributed by atoms with Crippen LogP contribution in [0.2, 0.25) is 0 Å². The van der Waals surface area contributed by atoms with Crippen LogP contribution >= 0.6 is 0 Å². The van der Waals surface area contributed by atoms with Gasteiger partial charge in [0.25, 0.3) is 0 Å². The molecule has 3 unspecified atom stereocenters. The minimum Gasteiger partial charge on any atom is -0.446 e. The number of rotatable bonds is 1. The zero-order valence-corrected chi connectivity index (χ0v) is 16.4. The molecule has 4 heteroatoms. The van der Waals surface area contributed by atoms with E-state index >= 15 is 0 Å². The molecule has 1 saturated heterocycles. The van der Waals surface area contributed by atoms with Crippen LogP contribution < -0.4 is 5.32 Å². The lowest BCUT2D eigenvalue weighted by Gasteiger charge is -2.57. The third kappa shape index (κ3) is 2.48. The third-order valence-corrected chi connectivity index (χ3v) is 8.52. The van der Waals surface area contributed by atoms with Crippen LogP contribution in [-0.4, -0.2) is 23.7 Å². The molecule has 6 atom stereocenters. The molecule has 4 nitrogen and oxygen atoms in total. The highest BCUT2D eigenvalue weighted by atomic mass is 16.6. The maximum absolute atomic E-state index is 11.9. The second-order valence-corrected chi connectivity index (χ2v) is 9.58. The van der Waals surface area contributed by atoms with Crippen molar-refractivity contribution < 1.29 is 9.53 Å². The molecule has 1 aliphatic heterocycles. The van der Waals surface area contributed by atoms with Crippen LogP contribution in [0.5, 0.6) is 0 Å². The van der Waals surface area contributed by atoms with Gasteiger partial charge in [-0.3, -0.25) is 4.98 Å². The number of aromatic nitrogens is 1. The van der Waals surface area contributed by atoms with Crippen molar-refractivity contribution in [3.05, 3.63) is 36.2 Å². The Balaban J connectivity index is 1.45. The Morgan fingerprint density at radius 3 is 2.89 bits per heavy atom. The standard InChI is InChI=1S/C23H30N2O2/c1-22-10-9-19-16(5-8-20-23(19,2)11-13-25-21(26)27-20)18(22)7-6-17(22)15-4-3-12-24-14-15/h3-4,6,12,14,16,18-20H,5,7-11,13H2,1-2H3,(H,25,26)/t16-,18?,19?,20?,22+,23+/m0/s1. The molecule has 0 bridgehead atoms. The topological polar surface area (TPSA) is 51.2 Å². The number of nitrogens with one attached hydrogen (secondary N) is 1. The normalized spacial score (nSPS) is 43.3. The predicted molar refractivity (Wildman–Crippen MR) is 105 cm³/mol. The molecule has 0 radical (unpaired) electrons. The number of alkyl carbamates (subject to hydrolysis) is 1. The number of allylic oxidation sites excluding steroid dienone is 2. The van der Waals surface area contributed by atoms with Gasteiger partial charge in [-0.15, -0.1) is 0 Å². The number of hydrogen-bond donors (Lipinski definition) is 1. The molecule has 4 aliphatic rings. The van der Waals surface area contributed by atoms with Crippen LogP contribution in [0.3, 0.4) is 0 Å². The largest absolute Gasteiger partial charge is 0.446 e. The maximum Gasteiger partial charge on any atom is 0.407 e. The van der Waals surface area contributed by atoms with Crippen molar-refractivity contribution in [2.45, 2.75) is 58.5 Å². The Labute approximate surface area is 161 Å². The highest BCUT2D eigenvalue weighted by molar-refractivity contribution is 5.72. The molecule has 3 fully saturated rings. The fraction of sp³-hybridized carbons (Fsp3) is 0.652. The number of hydrogen-bond acceptors (Lipinski definition) is 3. The van der Waals surface area contributed by atoms with Gasteiger partial charge in [0.15, 0.2) is 0 Å². The average molecular weight is 367 g/mol. The second kappa shape index (κ2) is 6.08. The van der Waals surface area contributed by atoms with Crippen molar-refractivity contribution in [3.8, 4) is 0 Å². The van der Waals surface area contributed by atoms with Gasteiger partial charge in [-0.1, -0.05) is 26.0 Å². The Hall–Kier alpha value is -1.84. The van der Waals surface area contributed by atoms with Crippen molar-refractivity contribution >= 4 is 11.7 Å². The molecule has 0 spiro atoms. The number of pyridine rings is 1. The molecule has 1 aromatic rings. The number of fused-ring (bicyclic) bond motifs is 5. The van der Waals surface area contributed by atoms with E-state index in [1.165, 1.54) is 36.8 Å². The molecule has 2 heterocycles. The Kier molecular flexibility index (Phi) is 3.89. The van der Waals surface area contributed by atoms with Gasteiger partial charge in [-0.05, 0) is 78.9 Å². The van der Waals surface area contributed by atoms with E-state index in [0.29, 0.717) is 11.8 Å². The Morgan fingerprint density at radius 2 is 2.07 bits per heavy atom. The number of carbonyl (C=O) groups is 1. The van der Waals surface area contributed by atoms with Crippen molar-refractivity contribution in [2.24, 2.45) is 28.6 Å². The molecule has 5 rings (SSSR count). The maximum atomic E-state index is 11.9.